The Labute approximate surface area is 72.0 Å². The van der Waals surface area contributed by atoms with Gasteiger partial charge in [-0.3, -0.25) is 4.79 Å². The average molecular weight is 191 g/mol. The van der Waals surface area contributed by atoms with Gasteiger partial charge in [0.1, 0.15) is 0 Å². The maximum atomic E-state index is 11.2. The smallest absolute Gasteiger partial charge is 0.220 e. The van der Waals surface area contributed by atoms with Crippen LogP contribution in [0.5, 0.6) is 0 Å². The molecule has 2 unspecified atom stereocenters. The first-order valence-electron chi connectivity index (χ1n) is 3.94. The van der Waals surface area contributed by atoms with Crippen LogP contribution in [0, 0.1) is 5.92 Å². The fourth-order valence-corrected chi connectivity index (χ4v) is 2.97. The van der Waals surface area contributed by atoms with Gasteiger partial charge in [0.2, 0.25) is 5.91 Å². The Morgan fingerprint density at radius 2 is 2.08 bits per heavy atom. The van der Waals surface area contributed by atoms with Crippen LogP contribution in [-0.4, -0.2) is 25.3 Å². The van der Waals surface area contributed by atoms with Crippen LogP contribution >= 0.6 is 0 Å². The number of nitrogens with two attached hydrogens (primary N) is 1. The van der Waals surface area contributed by atoms with Crippen LogP contribution in [0.15, 0.2) is 0 Å². The Hall–Kier alpha value is -0.580. The Morgan fingerprint density at radius 3 is 2.50 bits per heavy atom. The lowest BCUT2D eigenvalue weighted by molar-refractivity contribution is -0.122. The lowest BCUT2D eigenvalue weighted by atomic mass is 9.99. The summed E-state index contributed by atoms with van der Waals surface area (Å²) in [4.78, 5) is 10.7. The van der Waals surface area contributed by atoms with Crippen molar-refractivity contribution in [1.29, 1.82) is 0 Å². The number of primary amides is 1. The molecule has 0 radical (unpaired) electrons. The molecule has 0 saturated carbocycles. The molecule has 1 amide bonds. The standard InChI is InChI=1S/C7H13NO3S/c1-5-4-6(7(8)9)2-3-12(5,10)11/h5-6H,2-4H2,1H3,(H2,8,9). The quantitative estimate of drug-likeness (QED) is 0.617. The molecule has 2 N–H and O–H groups in total. The molecule has 0 aliphatic carbocycles. The number of rotatable bonds is 1. The zero-order valence-electron chi connectivity index (χ0n) is 6.99. The minimum absolute atomic E-state index is 0.0990. The molecule has 2 atom stereocenters. The Balaban J connectivity index is 2.71. The second-order valence-corrected chi connectivity index (χ2v) is 5.84. The number of amides is 1. The van der Waals surface area contributed by atoms with E-state index in [0.717, 1.165) is 0 Å². The maximum Gasteiger partial charge on any atom is 0.220 e. The molecule has 70 valence electrons. The van der Waals surface area contributed by atoms with Crippen molar-refractivity contribution in [2.24, 2.45) is 11.7 Å². The molecule has 0 aromatic heterocycles. The fraction of sp³-hybridized carbons (Fsp3) is 0.857. The highest BCUT2D eigenvalue weighted by atomic mass is 32.2. The van der Waals surface area contributed by atoms with Crippen molar-refractivity contribution in [3.05, 3.63) is 0 Å². The van der Waals surface area contributed by atoms with E-state index in [4.69, 9.17) is 5.73 Å². The van der Waals surface area contributed by atoms with Crippen molar-refractivity contribution in [2.75, 3.05) is 5.75 Å². The van der Waals surface area contributed by atoms with E-state index in [0.29, 0.717) is 12.8 Å². The predicted octanol–water partition coefficient (Wildman–Crippen LogP) is -0.315. The normalized spacial score (nSPS) is 34.4. The topological polar surface area (TPSA) is 77.2 Å². The van der Waals surface area contributed by atoms with Gasteiger partial charge in [-0.05, 0) is 19.8 Å². The van der Waals surface area contributed by atoms with Crippen molar-refractivity contribution in [3.63, 3.8) is 0 Å². The Kier molecular flexibility index (Phi) is 2.41. The molecule has 0 spiro atoms. The van der Waals surface area contributed by atoms with Crippen molar-refractivity contribution >= 4 is 15.7 Å². The molecule has 12 heavy (non-hydrogen) atoms. The summed E-state index contributed by atoms with van der Waals surface area (Å²) < 4.78 is 22.4. The molecule has 1 heterocycles. The third-order valence-corrected chi connectivity index (χ3v) is 4.61. The molecular weight excluding hydrogens is 178 g/mol. The van der Waals surface area contributed by atoms with Crippen molar-refractivity contribution in [3.8, 4) is 0 Å². The summed E-state index contributed by atoms with van der Waals surface area (Å²) in [5.74, 6) is -0.526. The van der Waals surface area contributed by atoms with E-state index in [1.165, 1.54) is 0 Å². The third-order valence-electron chi connectivity index (χ3n) is 2.38. The fourth-order valence-electron chi connectivity index (χ4n) is 1.43. The van der Waals surface area contributed by atoms with Crippen LogP contribution in [0.25, 0.3) is 0 Å². The molecule has 0 aromatic rings. The highest BCUT2D eigenvalue weighted by Gasteiger charge is 2.33. The molecule has 5 heteroatoms. The van der Waals surface area contributed by atoms with Crippen molar-refractivity contribution in [2.45, 2.75) is 25.0 Å². The Morgan fingerprint density at radius 1 is 1.50 bits per heavy atom. The van der Waals surface area contributed by atoms with Crippen LogP contribution in [-0.2, 0) is 14.6 Å². The van der Waals surface area contributed by atoms with E-state index < -0.39 is 15.1 Å². The molecule has 4 nitrogen and oxygen atoms in total. The SMILES string of the molecule is CC1CC(C(N)=O)CCS1(=O)=O. The number of hydrogen-bond donors (Lipinski definition) is 1. The summed E-state index contributed by atoms with van der Waals surface area (Å²) in [5, 5.41) is -0.413. The van der Waals surface area contributed by atoms with Gasteiger partial charge >= 0.3 is 0 Å². The van der Waals surface area contributed by atoms with Gasteiger partial charge in [0.25, 0.3) is 0 Å². The van der Waals surface area contributed by atoms with Crippen molar-refractivity contribution < 1.29 is 13.2 Å². The van der Waals surface area contributed by atoms with Gasteiger partial charge in [-0.1, -0.05) is 0 Å². The second kappa shape index (κ2) is 3.05. The summed E-state index contributed by atoms with van der Waals surface area (Å²) in [5.41, 5.74) is 5.08. The molecule has 1 saturated heterocycles. The Bertz CT molecular complexity index is 283. The summed E-state index contributed by atoms with van der Waals surface area (Å²) in [6, 6.07) is 0. The van der Waals surface area contributed by atoms with Gasteiger partial charge in [0, 0.05) is 5.92 Å². The van der Waals surface area contributed by atoms with Crippen LogP contribution in [0.1, 0.15) is 19.8 Å². The van der Waals surface area contributed by atoms with Gasteiger partial charge in [0.15, 0.2) is 9.84 Å². The van der Waals surface area contributed by atoms with E-state index in [1.807, 2.05) is 0 Å². The monoisotopic (exact) mass is 191 g/mol. The van der Waals surface area contributed by atoms with E-state index in [1.54, 1.807) is 6.92 Å². The number of carbonyl (C=O) groups is 1. The molecular formula is C7H13NO3S. The number of carbonyl (C=O) groups excluding carboxylic acids is 1. The average Bonchev–Trinajstić information content (AvgIpc) is 1.94. The highest BCUT2D eigenvalue weighted by molar-refractivity contribution is 7.92. The highest BCUT2D eigenvalue weighted by Crippen LogP contribution is 2.24. The minimum Gasteiger partial charge on any atom is -0.369 e. The maximum absolute atomic E-state index is 11.2. The van der Waals surface area contributed by atoms with Crippen molar-refractivity contribution in [1.82, 2.24) is 0 Å². The van der Waals surface area contributed by atoms with Gasteiger partial charge in [-0.2, -0.15) is 0 Å². The molecule has 0 aromatic carbocycles. The van der Waals surface area contributed by atoms with E-state index in [9.17, 15) is 13.2 Å². The zero-order chi connectivity index (χ0) is 9.35. The lowest BCUT2D eigenvalue weighted by Gasteiger charge is -2.24. The van der Waals surface area contributed by atoms with Crippen LogP contribution in [0.2, 0.25) is 0 Å². The van der Waals surface area contributed by atoms with E-state index in [2.05, 4.69) is 0 Å². The van der Waals surface area contributed by atoms with Gasteiger partial charge < -0.3 is 5.73 Å². The molecule has 1 fully saturated rings. The molecule has 1 rings (SSSR count). The largest absolute Gasteiger partial charge is 0.369 e. The van der Waals surface area contributed by atoms with E-state index >= 15 is 0 Å². The van der Waals surface area contributed by atoms with Crippen LogP contribution < -0.4 is 5.73 Å². The first kappa shape index (κ1) is 9.51. The first-order chi connectivity index (χ1) is 5.43. The van der Waals surface area contributed by atoms with Gasteiger partial charge in [-0.25, -0.2) is 8.42 Å². The summed E-state index contributed by atoms with van der Waals surface area (Å²) >= 11 is 0. The van der Waals surface area contributed by atoms with Crippen LogP contribution in [0.4, 0.5) is 0 Å². The lowest BCUT2D eigenvalue weighted by Crippen LogP contribution is -2.36. The first-order valence-corrected chi connectivity index (χ1v) is 5.66. The molecule has 1 aliphatic heterocycles. The predicted molar refractivity (Wildman–Crippen MR) is 45.2 cm³/mol. The second-order valence-electron chi connectivity index (χ2n) is 3.30. The summed E-state index contributed by atoms with van der Waals surface area (Å²) in [6.07, 6.45) is 0.777. The van der Waals surface area contributed by atoms with Crippen LogP contribution in [0.3, 0.4) is 0 Å². The molecule has 0 bridgehead atoms. The molecule has 1 aliphatic rings. The van der Waals surface area contributed by atoms with Gasteiger partial charge in [-0.15, -0.1) is 0 Å². The van der Waals surface area contributed by atoms with E-state index in [-0.39, 0.29) is 17.6 Å². The minimum atomic E-state index is -2.94. The van der Waals surface area contributed by atoms with Gasteiger partial charge in [0.05, 0.1) is 11.0 Å². The summed E-state index contributed by atoms with van der Waals surface area (Å²) in [7, 11) is -2.94. The third kappa shape index (κ3) is 1.77. The number of sulfone groups is 1. The number of hydrogen-bond acceptors (Lipinski definition) is 3. The zero-order valence-corrected chi connectivity index (χ0v) is 7.80. The summed E-state index contributed by atoms with van der Waals surface area (Å²) in [6.45, 7) is 1.63.